The van der Waals surface area contributed by atoms with Crippen molar-refractivity contribution in [3.05, 3.63) is 169 Å². The maximum absolute atomic E-state index is 13.1. The molecule has 2 aliphatic rings. The predicted molar refractivity (Wildman–Crippen MR) is 265 cm³/mol. The van der Waals surface area contributed by atoms with Crippen LogP contribution in [0, 0.1) is 27.7 Å². The first-order chi connectivity index (χ1) is 31.6. The number of furan rings is 2. The molecule has 0 spiro atoms. The third-order valence-corrected chi connectivity index (χ3v) is 12.6. The van der Waals surface area contributed by atoms with Gasteiger partial charge in [0.25, 0.3) is 0 Å². The van der Waals surface area contributed by atoms with Gasteiger partial charge in [-0.2, -0.15) is 0 Å². The Balaban J connectivity index is 0.000000180. The van der Waals surface area contributed by atoms with E-state index in [4.69, 9.17) is 23.6 Å². The summed E-state index contributed by atoms with van der Waals surface area (Å²) in [5, 5.41) is 21.0. The second-order valence-electron chi connectivity index (χ2n) is 15.7. The minimum Gasteiger partial charge on any atom is -0.465 e. The summed E-state index contributed by atoms with van der Waals surface area (Å²) >= 11 is 3.31. The molecule has 14 heteroatoms. The second kappa shape index (κ2) is 19.8. The van der Waals surface area contributed by atoms with Crippen LogP contribution in [0.5, 0.6) is 0 Å². The number of carbonyl (C=O) groups is 6. The van der Waals surface area contributed by atoms with E-state index in [-0.39, 0.29) is 14.9 Å². The molecule has 0 saturated carbocycles. The van der Waals surface area contributed by atoms with Crippen LogP contribution in [0.1, 0.15) is 99.3 Å². The topological polar surface area (TPSA) is 188 Å². The lowest BCUT2D eigenvalue weighted by atomic mass is 9.80. The summed E-state index contributed by atoms with van der Waals surface area (Å²) in [6.07, 6.45) is 0. The van der Waals surface area contributed by atoms with Crippen LogP contribution >= 0.6 is 15.9 Å². The number of hydrogen-bond donors (Lipinski definition) is 2. The van der Waals surface area contributed by atoms with E-state index in [1.165, 1.54) is 38.5 Å². The molecule has 0 radical (unpaired) electrons. The monoisotopic (exact) mass is 976 g/mol. The average Bonchev–Trinajstić information content (AvgIpc) is 3.84. The zero-order valence-corrected chi connectivity index (χ0v) is 37.9. The van der Waals surface area contributed by atoms with Crippen molar-refractivity contribution in [1.82, 2.24) is 0 Å². The highest BCUT2D eigenvalue weighted by molar-refractivity contribution is 9.10. The van der Waals surface area contributed by atoms with Gasteiger partial charge in [-0.3, -0.25) is 19.2 Å². The summed E-state index contributed by atoms with van der Waals surface area (Å²) in [6.45, 7) is 7.51. The van der Waals surface area contributed by atoms with E-state index in [1.807, 2.05) is 74.5 Å². The average molecular weight is 978 g/mol. The number of aryl methyl sites for hydroxylation is 2. The number of ether oxygens (including phenoxy) is 2. The molecule has 344 valence electrons. The Hall–Kier alpha value is -7.52. The Labute approximate surface area is 400 Å². The van der Waals surface area contributed by atoms with Crippen LogP contribution in [-0.2, 0) is 9.47 Å². The van der Waals surface area contributed by atoms with Crippen LogP contribution in [0.4, 0.5) is 0 Å². The van der Waals surface area contributed by atoms with Crippen molar-refractivity contribution in [2.45, 2.75) is 42.5 Å². The summed E-state index contributed by atoms with van der Waals surface area (Å²) in [5.74, 6) is -1.53. The Morgan fingerprint density at radius 1 is 0.500 bits per heavy atom. The maximum Gasteiger partial charge on any atom is 0.488 e. The number of fused-ring (bicyclic) bond motifs is 10. The highest BCUT2D eigenvalue weighted by Gasteiger charge is 2.39. The molecule has 10 rings (SSSR count). The van der Waals surface area contributed by atoms with Crippen molar-refractivity contribution < 1.29 is 57.1 Å². The lowest BCUT2D eigenvalue weighted by Gasteiger charge is -2.16. The van der Waals surface area contributed by atoms with Gasteiger partial charge in [0.2, 0.25) is 23.1 Å². The SMILES string of the molecule is C.C.COC(=O)c1ccc(-c2oc3c(c2C)C(=O)C(=O)c2c-3ccc3c(C)cccc23)cc1.COC(=O)c1ccc(B(O)O)cc1.Cc1c(Br)oc2c1C(=O)C(=O)c1c-2ccc2c(C)cccc12. The fourth-order valence-corrected chi connectivity index (χ4v) is 8.70. The zero-order chi connectivity index (χ0) is 47.3. The molecule has 2 heterocycles. The van der Waals surface area contributed by atoms with Crippen molar-refractivity contribution in [2.24, 2.45) is 0 Å². The van der Waals surface area contributed by atoms with Crippen LogP contribution in [0.2, 0.25) is 0 Å². The first kappa shape index (κ1) is 49.9. The molecule has 0 fully saturated rings. The van der Waals surface area contributed by atoms with Gasteiger partial charge in [0.1, 0.15) is 17.3 Å². The van der Waals surface area contributed by atoms with E-state index in [2.05, 4.69) is 20.7 Å². The molecule has 2 N–H and O–H groups in total. The van der Waals surface area contributed by atoms with Crippen molar-refractivity contribution >= 4 is 85.1 Å². The number of Topliss-reactive ketones (excluding diaryl/α,β-unsaturated/α-hetero) is 4. The van der Waals surface area contributed by atoms with E-state index >= 15 is 0 Å². The van der Waals surface area contributed by atoms with E-state index < -0.39 is 42.2 Å². The lowest BCUT2D eigenvalue weighted by Crippen LogP contribution is -2.29. The second-order valence-corrected chi connectivity index (χ2v) is 16.4. The van der Waals surface area contributed by atoms with Crippen LogP contribution in [-0.4, -0.2) is 66.5 Å². The molecule has 0 bridgehead atoms. The summed E-state index contributed by atoms with van der Waals surface area (Å²) in [4.78, 5) is 74.0. The smallest absolute Gasteiger partial charge is 0.465 e. The number of rotatable bonds is 4. The molecule has 0 saturated heterocycles. The number of benzene rings is 6. The molecule has 12 nitrogen and oxygen atoms in total. The number of methoxy groups -OCH3 is 2. The van der Waals surface area contributed by atoms with Crippen molar-refractivity contribution in [3.8, 4) is 34.0 Å². The summed E-state index contributed by atoms with van der Waals surface area (Å²) in [6, 6.07) is 31.7. The Morgan fingerprint density at radius 2 is 0.912 bits per heavy atom. The Bertz CT molecular complexity index is 3360. The van der Waals surface area contributed by atoms with E-state index in [0.717, 1.165) is 32.7 Å². The molecular weight excluding hydrogens is 931 g/mol. The summed E-state index contributed by atoms with van der Waals surface area (Å²) < 4.78 is 21.6. The molecule has 2 aliphatic carbocycles. The molecule has 6 aromatic carbocycles. The van der Waals surface area contributed by atoms with Crippen molar-refractivity contribution in [1.29, 1.82) is 0 Å². The fraction of sp³-hybridized carbons (Fsp3) is 0.148. The van der Waals surface area contributed by atoms with Crippen molar-refractivity contribution in [2.75, 3.05) is 14.2 Å². The minimum absolute atomic E-state index is 0. The predicted octanol–water partition coefficient (Wildman–Crippen LogP) is 10.8. The quantitative estimate of drug-likeness (QED) is 0.0966. The molecule has 0 atom stereocenters. The van der Waals surface area contributed by atoms with Gasteiger partial charge in [-0.25, -0.2) is 9.59 Å². The first-order valence-corrected chi connectivity index (χ1v) is 21.3. The lowest BCUT2D eigenvalue weighted by molar-refractivity contribution is 0.0592. The zero-order valence-electron chi connectivity index (χ0n) is 36.3. The fourth-order valence-electron chi connectivity index (χ4n) is 8.34. The van der Waals surface area contributed by atoms with Crippen LogP contribution < -0.4 is 5.46 Å². The standard InChI is InChI=1S/C26H18O5.C18H11BrO3.C8H9BO4.2CH4/c1-13-5-4-6-18-17(13)11-12-19-21(18)23(28)22(27)20-14(2)24(31-25(19)20)15-7-9-16(10-8-15)26(29)30-3;1-8-4-3-5-11-10(8)6-7-12-14(11)16(21)15(20)13-9(2)18(19)22-17(12)13;1-13-8(10)6-2-4-7(5-3-6)9(11)12;;/h4-12H,1-3H3;3-7H,1-2H3;2-5,11-12H,1H3;2*1H4. The van der Waals surface area contributed by atoms with Gasteiger partial charge in [-0.05, 0) is 118 Å². The van der Waals surface area contributed by atoms with Gasteiger partial charge in [0.05, 0.1) is 36.5 Å². The van der Waals surface area contributed by atoms with Crippen LogP contribution in [0.3, 0.4) is 0 Å². The Morgan fingerprint density at radius 3 is 1.35 bits per heavy atom. The third-order valence-electron chi connectivity index (χ3n) is 11.8. The third kappa shape index (κ3) is 8.53. The van der Waals surface area contributed by atoms with Gasteiger partial charge in [-0.15, -0.1) is 0 Å². The van der Waals surface area contributed by atoms with Gasteiger partial charge in [-0.1, -0.05) is 87.6 Å². The number of hydrogen-bond acceptors (Lipinski definition) is 12. The number of carbonyl (C=O) groups excluding carboxylic acids is 6. The van der Waals surface area contributed by atoms with E-state index in [0.29, 0.717) is 88.6 Å². The molecule has 2 aromatic heterocycles. The summed E-state index contributed by atoms with van der Waals surface area (Å²) in [7, 11) is 1.11. The number of esters is 2. The van der Waals surface area contributed by atoms with Gasteiger partial charge < -0.3 is 28.4 Å². The minimum atomic E-state index is -1.51. The molecule has 0 amide bonds. The number of halogens is 1. The number of ketones is 4. The van der Waals surface area contributed by atoms with Crippen LogP contribution in [0.25, 0.3) is 55.5 Å². The molecule has 68 heavy (non-hydrogen) atoms. The maximum atomic E-state index is 13.1. The van der Waals surface area contributed by atoms with Crippen molar-refractivity contribution in [3.63, 3.8) is 0 Å². The van der Waals surface area contributed by atoms with Gasteiger partial charge in [0, 0.05) is 38.9 Å². The highest BCUT2D eigenvalue weighted by Crippen LogP contribution is 2.45. The summed E-state index contributed by atoms with van der Waals surface area (Å²) in [5.41, 5.74) is 8.04. The normalized spacial score (nSPS) is 11.9. The van der Waals surface area contributed by atoms with E-state index in [9.17, 15) is 28.8 Å². The molecule has 8 aromatic rings. The molecule has 0 aliphatic heterocycles. The van der Waals surface area contributed by atoms with E-state index in [1.54, 1.807) is 38.1 Å². The first-order valence-electron chi connectivity index (χ1n) is 20.5. The highest BCUT2D eigenvalue weighted by atomic mass is 79.9. The molecule has 0 unspecified atom stereocenters. The van der Waals surface area contributed by atoms with Gasteiger partial charge >= 0.3 is 19.1 Å². The largest absolute Gasteiger partial charge is 0.488 e. The van der Waals surface area contributed by atoms with Gasteiger partial charge in [0.15, 0.2) is 4.67 Å². The van der Waals surface area contributed by atoms with Crippen LogP contribution in [0.15, 0.2) is 123 Å². The molecular formula is C54H46BBrO12. The Kier molecular flexibility index (Phi) is 14.5.